The van der Waals surface area contributed by atoms with E-state index in [-0.39, 0.29) is 17.2 Å². The van der Waals surface area contributed by atoms with Crippen LogP contribution in [0.2, 0.25) is 0 Å². The number of nitrogens with zero attached hydrogens (tertiary/aromatic N) is 1. The highest BCUT2D eigenvalue weighted by Gasteiger charge is 2.18. The fourth-order valence-electron chi connectivity index (χ4n) is 2.05. The molecule has 2 aromatic rings. The molecule has 1 aromatic carbocycles. The molecule has 5 nitrogen and oxygen atoms in total. The summed E-state index contributed by atoms with van der Waals surface area (Å²) in [6, 6.07) is 7.38. The van der Waals surface area contributed by atoms with Crippen molar-refractivity contribution in [3.63, 3.8) is 0 Å². The zero-order chi connectivity index (χ0) is 17.7. The lowest BCUT2D eigenvalue weighted by Gasteiger charge is -2.14. The molecule has 0 saturated carbocycles. The molecular weight excluding hydrogens is 322 g/mol. The number of carbonyl (C=O) groups is 2. The van der Waals surface area contributed by atoms with Gasteiger partial charge in [-0.3, -0.25) is 14.9 Å². The van der Waals surface area contributed by atoms with Crippen LogP contribution < -0.4 is 10.6 Å². The van der Waals surface area contributed by atoms with Crippen LogP contribution in [-0.2, 0) is 16.6 Å². The molecule has 2 amide bonds. The first kappa shape index (κ1) is 18.1. The number of anilines is 1. The number of hydrogen-bond donors (Lipinski definition) is 2. The first-order valence-corrected chi connectivity index (χ1v) is 8.74. The average molecular weight is 345 g/mol. The molecule has 0 aliphatic carbocycles. The Labute approximate surface area is 146 Å². The van der Waals surface area contributed by atoms with Crippen molar-refractivity contribution in [3.05, 3.63) is 46.5 Å². The van der Waals surface area contributed by atoms with Crippen LogP contribution in [-0.4, -0.2) is 23.3 Å². The number of thiazole rings is 1. The molecule has 0 aliphatic rings. The summed E-state index contributed by atoms with van der Waals surface area (Å²) in [6.07, 6.45) is 0.739. The van der Waals surface area contributed by atoms with Crippen LogP contribution in [0.5, 0.6) is 0 Å². The predicted octanol–water partition coefficient (Wildman–Crippen LogP) is 3.37. The average Bonchev–Trinajstić information content (AvgIpc) is 2.96. The third kappa shape index (κ3) is 5.16. The molecule has 0 spiro atoms. The Morgan fingerprint density at radius 2 is 1.83 bits per heavy atom. The predicted molar refractivity (Wildman–Crippen MR) is 97.6 cm³/mol. The first-order valence-electron chi connectivity index (χ1n) is 7.86. The van der Waals surface area contributed by atoms with Crippen molar-refractivity contribution in [1.82, 2.24) is 10.3 Å². The maximum Gasteiger partial charge on any atom is 0.257 e. The second kappa shape index (κ2) is 7.57. The van der Waals surface area contributed by atoms with E-state index in [2.05, 4.69) is 36.4 Å². The molecule has 24 heavy (non-hydrogen) atoms. The lowest BCUT2D eigenvalue weighted by molar-refractivity contribution is -0.118. The maximum absolute atomic E-state index is 12.3. The van der Waals surface area contributed by atoms with Crippen LogP contribution >= 0.6 is 11.3 Å². The van der Waals surface area contributed by atoms with Crippen LogP contribution in [0.15, 0.2) is 29.6 Å². The Hall–Kier alpha value is -2.21. The Balaban J connectivity index is 1.95. The minimum atomic E-state index is -0.168. The van der Waals surface area contributed by atoms with Crippen LogP contribution in [0, 0.1) is 0 Å². The molecule has 0 bridgehead atoms. The molecule has 2 rings (SSSR count). The van der Waals surface area contributed by atoms with E-state index < -0.39 is 0 Å². The van der Waals surface area contributed by atoms with Crippen molar-refractivity contribution in [2.75, 3.05) is 11.9 Å². The van der Waals surface area contributed by atoms with Crippen molar-refractivity contribution in [2.24, 2.45) is 0 Å². The summed E-state index contributed by atoms with van der Waals surface area (Å²) >= 11 is 1.43. The molecule has 6 heteroatoms. The Bertz CT molecular complexity index is 715. The van der Waals surface area contributed by atoms with E-state index in [0.717, 1.165) is 17.7 Å². The van der Waals surface area contributed by atoms with Crippen molar-refractivity contribution in [2.45, 2.75) is 39.5 Å². The molecule has 1 aromatic heterocycles. The fraction of sp³-hybridized carbons (Fsp3) is 0.389. The highest BCUT2D eigenvalue weighted by Crippen LogP contribution is 2.26. The summed E-state index contributed by atoms with van der Waals surface area (Å²) in [5.74, 6) is -0.206. The summed E-state index contributed by atoms with van der Waals surface area (Å²) in [5.41, 5.74) is 2.60. The summed E-state index contributed by atoms with van der Waals surface area (Å²) in [6.45, 7) is 8.36. The van der Waals surface area contributed by atoms with Gasteiger partial charge in [0.05, 0.1) is 5.69 Å². The van der Waals surface area contributed by atoms with E-state index >= 15 is 0 Å². The van der Waals surface area contributed by atoms with E-state index in [4.69, 9.17) is 0 Å². The molecule has 0 aliphatic heterocycles. The summed E-state index contributed by atoms with van der Waals surface area (Å²) in [7, 11) is 0. The van der Waals surface area contributed by atoms with E-state index in [1.807, 2.05) is 17.5 Å². The normalized spacial score (nSPS) is 11.2. The van der Waals surface area contributed by atoms with E-state index in [1.165, 1.54) is 18.3 Å². The standard InChI is InChI=1S/C18H23N3O2S/c1-12(22)19-10-9-13-5-7-14(8-6-13)16(23)21-17-20-15(11-24-17)18(2,3)4/h5-8,11H,9-10H2,1-4H3,(H,19,22)(H,20,21,23). The Morgan fingerprint density at radius 1 is 1.17 bits per heavy atom. The maximum atomic E-state index is 12.3. The quantitative estimate of drug-likeness (QED) is 0.873. The molecule has 128 valence electrons. The van der Waals surface area contributed by atoms with Crippen molar-refractivity contribution >= 4 is 28.3 Å². The number of aromatic nitrogens is 1. The van der Waals surface area contributed by atoms with E-state index in [9.17, 15) is 9.59 Å². The van der Waals surface area contributed by atoms with Crippen molar-refractivity contribution in [1.29, 1.82) is 0 Å². The summed E-state index contributed by atoms with van der Waals surface area (Å²) < 4.78 is 0. The molecule has 0 unspecified atom stereocenters. The van der Waals surface area contributed by atoms with Gasteiger partial charge in [0.25, 0.3) is 5.91 Å². The van der Waals surface area contributed by atoms with E-state index in [1.54, 1.807) is 12.1 Å². The minimum absolute atomic E-state index is 0.0327. The largest absolute Gasteiger partial charge is 0.356 e. The van der Waals surface area contributed by atoms with Crippen molar-refractivity contribution in [3.8, 4) is 0 Å². The zero-order valence-electron chi connectivity index (χ0n) is 14.5. The molecule has 1 heterocycles. The topological polar surface area (TPSA) is 71.1 Å². The van der Waals surface area contributed by atoms with E-state index in [0.29, 0.717) is 17.2 Å². The zero-order valence-corrected chi connectivity index (χ0v) is 15.3. The molecule has 0 fully saturated rings. The smallest absolute Gasteiger partial charge is 0.257 e. The number of carbonyl (C=O) groups excluding carboxylic acids is 2. The lowest BCUT2D eigenvalue weighted by Crippen LogP contribution is -2.22. The van der Waals surface area contributed by atoms with Gasteiger partial charge in [-0.15, -0.1) is 11.3 Å². The molecule has 2 N–H and O–H groups in total. The van der Waals surface area contributed by atoms with Crippen LogP contribution in [0.4, 0.5) is 5.13 Å². The SMILES string of the molecule is CC(=O)NCCc1ccc(C(=O)Nc2nc(C(C)(C)C)cs2)cc1. The highest BCUT2D eigenvalue weighted by molar-refractivity contribution is 7.14. The van der Waals surface area contributed by atoms with Gasteiger partial charge in [0, 0.05) is 29.8 Å². The monoisotopic (exact) mass is 345 g/mol. The number of hydrogen-bond acceptors (Lipinski definition) is 4. The van der Waals surface area contributed by atoms with Gasteiger partial charge in [-0.25, -0.2) is 4.98 Å². The van der Waals surface area contributed by atoms with Gasteiger partial charge >= 0.3 is 0 Å². The van der Waals surface area contributed by atoms with Gasteiger partial charge in [0.1, 0.15) is 0 Å². The number of rotatable bonds is 5. The Kier molecular flexibility index (Phi) is 5.72. The summed E-state index contributed by atoms with van der Waals surface area (Å²) in [4.78, 5) is 27.6. The van der Waals surface area contributed by atoms with Crippen LogP contribution in [0.25, 0.3) is 0 Å². The molecule has 0 atom stereocenters. The molecule has 0 saturated heterocycles. The molecule has 0 radical (unpaired) electrons. The number of nitrogens with one attached hydrogen (secondary N) is 2. The second-order valence-electron chi connectivity index (χ2n) is 6.67. The second-order valence-corrected chi connectivity index (χ2v) is 7.53. The lowest BCUT2D eigenvalue weighted by atomic mass is 9.93. The van der Waals surface area contributed by atoms with Gasteiger partial charge in [0.15, 0.2) is 5.13 Å². The van der Waals surface area contributed by atoms with Gasteiger partial charge in [-0.05, 0) is 24.1 Å². The minimum Gasteiger partial charge on any atom is -0.356 e. The Morgan fingerprint density at radius 3 is 2.38 bits per heavy atom. The number of benzene rings is 1. The van der Waals surface area contributed by atoms with Gasteiger partial charge < -0.3 is 5.32 Å². The third-order valence-electron chi connectivity index (χ3n) is 3.50. The highest BCUT2D eigenvalue weighted by atomic mass is 32.1. The van der Waals surface area contributed by atoms with Gasteiger partial charge in [-0.1, -0.05) is 32.9 Å². The van der Waals surface area contributed by atoms with Crippen molar-refractivity contribution < 1.29 is 9.59 Å². The third-order valence-corrected chi connectivity index (χ3v) is 4.25. The van der Waals surface area contributed by atoms with Crippen LogP contribution in [0.1, 0.15) is 49.3 Å². The first-order chi connectivity index (χ1) is 11.3. The summed E-state index contributed by atoms with van der Waals surface area (Å²) in [5, 5.41) is 8.18. The van der Waals surface area contributed by atoms with Crippen LogP contribution in [0.3, 0.4) is 0 Å². The number of amides is 2. The fourth-order valence-corrected chi connectivity index (χ4v) is 2.98. The van der Waals surface area contributed by atoms with Gasteiger partial charge in [-0.2, -0.15) is 0 Å². The van der Waals surface area contributed by atoms with Gasteiger partial charge in [0.2, 0.25) is 5.91 Å². The molecular formula is C18H23N3O2S.